The zero-order valence-corrected chi connectivity index (χ0v) is 10.5. The molecule has 1 rings (SSSR count). The van der Waals surface area contributed by atoms with Crippen LogP contribution in [0.2, 0.25) is 5.02 Å². The van der Waals surface area contributed by atoms with Gasteiger partial charge < -0.3 is 5.73 Å². The molecular formula is C13H20ClN. The van der Waals surface area contributed by atoms with Gasteiger partial charge in [-0.15, -0.1) is 0 Å². The number of aryl methyl sites for hydroxylation is 1. The summed E-state index contributed by atoms with van der Waals surface area (Å²) >= 11 is 6.19. The maximum absolute atomic E-state index is 6.19. The molecule has 0 aliphatic rings. The summed E-state index contributed by atoms with van der Waals surface area (Å²) in [6, 6.07) is 6.24. The summed E-state index contributed by atoms with van der Waals surface area (Å²) in [5, 5.41) is 0.870. The predicted octanol–water partition coefficient (Wildman–Crippen LogP) is 3.42. The molecule has 0 radical (unpaired) electrons. The molecule has 0 amide bonds. The lowest BCUT2D eigenvalue weighted by atomic mass is 9.89. The highest BCUT2D eigenvalue weighted by atomic mass is 35.5. The van der Waals surface area contributed by atoms with Gasteiger partial charge in [0.25, 0.3) is 0 Å². The van der Waals surface area contributed by atoms with Gasteiger partial charge in [0.1, 0.15) is 0 Å². The number of hydrogen-bond donors (Lipinski definition) is 1. The van der Waals surface area contributed by atoms with E-state index in [4.69, 9.17) is 17.3 Å². The number of halogens is 1. The van der Waals surface area contributed by atoms with Gasteiger partial charge in [-0.1, -0.05) is 37.6 Å². The van der Waals surface area contributed by atoms with E-state index < -0.39 is 0 Å². The normalized spacial score (nSPS) is 13.2. The van der Waals surface area contributed by atoms with Gasteiger partial charge in [0.2, 0.25) is 0 Å². The van der Waals surface area contributed by atoms with Gasteiger partial charge in [0.05, 0.1) is 0 Å². The number of benzene rings is 1. The van der Waals surface area contributed by atoms with Crippen LogP contribution in [0.5, 0.6) is 0 Å². The van der Waals surface area contributed by atoms with Crippen LogP contribution in [0.1, 0.15) is 25.0 Å². The molecule has 0 saturated carbocycles. The van der Waals surface area contributed by atoms with E-state index in [1.165, 1.54) is 11.1 Å². The first-order valence-electron chi connectivity index (χ1n) is 5.49. The average molecular weight is 226 g/mol. The second-order valence-electron chi connectivity index (χ2n) is 4.54. The summed E-state index contributed by atoms with van der Waals surface area (Å²) in [6.07, 6.45) is 0.979. The molecule has 1 nitrogen and oxygen atoms in total. The molecule has 0 saturated heterocycles. The third-order valence-electron chi connectivity index (χ3n) is 2.94. The second-order valence-corrected chi connectivity index (χ2v) is 4.95. The quantitative estimate of drug-likeness (QED) is 0.835. The van der Waals surface area contributed by atoms with E-state index in [0.29, 0.717) is 11.8 Å². The van der Waals surface area contributed by atoms with Crippen LogP contribution >= 0.6 is 11.6 Å². The van der Waals surface area contributed by atoms with Gasteiger partial charge in [0.15, 0.2) is 0 Å². The number of rotatable bonds is 4. The minimum Gasteiger partial charge on any atom is -0.330 e. The Morgan fingerprint density at radius 2 is 2.00 bits per heavy atom. The lowest BCUT2D eigenvalue weighted by molar-refractivity contribution is 0.392. The van der Waals surface area contributed by atoms with Crippen molar-refractivity contribution in [1.29, 1.82) is 0 Å². The maximum atomic E-state index is 6.19. The average Bonchev–Trinajstić information content (AvgIpc) is 2.16. The molecule has 0 aliphatic heterocycles. The molecule has 0 aliphatic carbocycles. The first-order chi connectivity index (χ1) is 7.04. The van der Waals surface area contributed by atoms with E-state index in [1.54, 1.807) is 0 Å². The van der Waals surface area contributed by atoms with Crippen LogP contribution in [0.3, 0.4) is 0 Å². The molecule has 1 aromatic rings. The largest absolute Gasteiger partial charge is 0.330 e. The van der Waals surface area contributed by atoms with Crippen molar-refractivity contribution in [2.24, 2.45) is 17.6 Å². The van der Waals surface area contributed by atoms with E-state index in [0.717, 1.165) is 18.0 Å². The van der Waals surface area contributed by atoms with Crippen molar-refractivity contribution >= 4 is 11.6 Å². The molecule has 0 heterocycles. The van der Waals surface area contributed by atoms with Crippen molar-refractivity contribution in [1.82, 2.24) is 0 Å². The molecular weight excluding hydrogens is 206 g/mol. The monoisotopic (exact) mass is 225 g/mol. The molecule has 0 spiro atoms. The van der Waals surface area contributed by atoms with Gasteiger partial charge in [-0.25, -0.2) is 0 Å². The zero-order chi connectivity index (χ0) is 11.4. The standard InChI is InChI=1S/C13H20ClN/c1-9(2)12(8-15)7-11-5-4-10(3)6-13(11)14/h4-6,9,12H,7-8,15H2,1-3H3. The first-order valence-corrected chi connectivity index (χ1v) is 5.87. The predicted molar refractivity (Wildman–Crippen MR) is 67.3 cm³/mol. The highest BCUT2D eigenvalue weighted by Gasteiger charge is 2.13. The Balaban J connectivity index is 2.79. The molecule has 0 aromatic heterocycles. The summed E-state index contributed by atoms with van der Waals surface area (Å²) < 4.78 is 0. The summed E-state index contributed by atoms with van der Waals surface area (Å²) in [6.45, 7) is 7.19. The highest BCUT2D eigenvalue weighted by Crippen LogP contribution is 2.23. The first kappa shape index (κ1) is 12.5. The van der Waals surface area contributed by atoms with Crippen LogP contribution in [-0.4, -0.2) is 6.54 Å². The molecule has 1 aromatic carbocycles. The fraction of sp³-hybridized carbons (Fsp3) is 0.538. The Hall–Kier alpha value is -0.530. The molecule has 2 N–H and O–H groups in total. The van der Waals surface area contributed by atoms with Crippen molar-refractivity contribution in [2.45, 2.75) is 27.2 Å². The topological polar surface area (TPSA) is 26.0 Å². The molecule has 84 valence electrons. The maximum Gasteiger partial charge on any atom is 0.0440 e. The van der Waals surface area contributed by atoms with Crippen LogP contribution in [-0.2, 0) is 6.42 Å². The Morgan fingerprint density at radius 3 is 2.47 bits per heavy atom. The van der Waals surface area contributed by atoms with E-state index in [9.17, 15) is 0 Å². The van der Waals surface area contributed by atoms with Crippen LogP contribution in [0.15, 0.2) is 18.2 Å². The lowest BCUT2D eigenvalue weighted by Crippen LogP contribution is -2.22. The van der Waals surface area contributed by atoms with Crippen molar-refractivity contribution in [2.75, 3.05) is 6.54 Å². The molecule has 0 fully saturated rings. The summed E-state index contributed by atoms with van der Waals surface area (Å²) in [5.74, 6) is 1.12. The van der Waals surface area contributed by atoms with Crippen molar-refractivity contribution in [3.05, 3.63) is 34.3 Å². The Bertz CT molecular complexity index is 320. The Kier molecular flexibility index (Phi) is 4.62. The van der Waals surface area contributed by atoms with E-state index in [2.05, 4.69) is 32.9 Å². The second kappa shape index (κ2) is 5.53. The van der Waals surface area contributed by atoms with Crippen molar-refractivity contribution < 1.29 is 0 Å². The van der Waals surface area contributed by atoms with Crippen LogP contribution < -0.4 is 5.73 Å². The minimum atomic E-state index is 0.519. The Labute approximate surface area is 97.6 Å². The number of hydrogen-bond acceptors (Lipinski definition) is 1. The van der Waals surface area contributed by atoms with E-state index in [1.807, 2.05) is 6.07 Å². The molecule has 15 heavy (non-hydrogen) atoms. The van der Waals surface area contributed by atoms with Gasteiger partial charge in [0, 0.05) is 5.02 Å². The van der Waals surface area contributed by atoms with Gasteiger partial charge in [-0.3, -0.25) is 0 Å². The van der Waals surface area contributed by atoms with Crippen molar-refractivity contribution in [3.8, 4) is 0 Å². The molecule has 1 atom stereocenters. The molecule has 0 bridgehead atoms. The fourth-order valence-electron chi connectivity index (χ4n) is 1.69. The smallest absolute Gasteiger partial charge is 0.0440 e. The third-order valence-corrected chi connectivity index (χ3v) is 3.29. The fourth-order valence-corrected chi connectivity index (χ4v) is 2.00. The van der Waals surface area contributed by atoms with Gasteiger partial charge in [-0.2, -0.15) is 0 Å². The van der Waals surface area contributed by atoms with Crippen LogP contribution in [0.25, 0.3) is 0 Å². The SMILES string of the molecule is Cc1ccc(CC(CN)C(C)C)c(Cl)c1. The minimum absolute atomic E-state index is 0.519. The van der Waals surface area contributed by atoms with Crippen LogP contribution in [0.4, 0.5) is 0 Å². The van der Waals surface area contributed by atoms with Gasteiger partial charge >= 0.3 is 0 Å². The lowest BCUT2D eigenvalue weighted by Gasteiger charge is -2.19. The molecule has 1 unspecified atom stereocenters. The third kappa shape index (κ3) is 3.51. The van der Waals surface area contributed by atoms with E-state index in [-0.39, 0.29) is 0 Å². The van der Waals surface area contributed by atoms with Crippen LogP contribution in [0, 0.1) is 18.8 Å². The van der Waals surface area contributed by atoms with Crippen molar-refractivity contribution in [3.63, 3.8) is 0 Å². The zero-order valence-electron chi connectivity index (χ0n) is 9.76. The Morgan fingerprint density at radius 1 is 1.33 bits per heavy atom. The van der Waals surface area contributed by atoms with E-state index >= 15 is 0 Å². The van der Waals surface area contributed by atoms with Gasteiger partial charge in [-0.05, 0) is 48.9 Å². The highest BCUT2D eigenvalue weighted by molar-refractivity contribution is 6.31. The summed E-state index contributed by atoms with van der Waals surface area (Å²) in [5.41, 5.74) is 8.18. The number of nitrogens with two attached hydrogens (primary N) is 1. The summed E-state index contributed by atoms with van der Waals surface area (Å²) in [4.78, 5) is 0. The summed E-state index contributed by atoms with van der Waals surface area (Å²) in [7, 11) is 0. The molecule has 2 heteroatoms.